The largest absolute Gasteiger partial charge is 0.389 e. The quantitative estimate of drug-likeness (QED) is 0.889. The van der Waals surface area contributed by atoms with Gasteiger partial charge in [0.05, 0.1) is 30.6 Å². The van der Waals surface area contributed by atoms with Crippen LogP contribution in [0.2, 0.25) is 0 Å². The Labute approximate surface area is 107 Å². The lowest BCUT2D eigenvalue weighted by Crippen LogP contribution is -2.24. The fourth-order valence-corrected chi connectivity index (χ4v) is 2.18. The Morgan fingerprint density at radius 1 is 0.944 bits per heavy atom. The van der Waals surface area contributed by atoms with Gasteiger partial charge in [0.15, 0.2) is 0 Å². The van der Waals surface area contributed by atoms with Crippen molar-refractivity contribution in [2.24, 2.45) is 0 Å². The molecule has 0 amide bonds. The van der Waals surface area contributed by atoms with E-state index >= 15 is 0 Å². The summed E-state index contributed by atoms with van der Waals surface area (Å²) in [7, 11) is 0. The maximum absolute atomic E-state index is 10.1. The molecule has 2 aromatic rings. The molecule has 98 valence electrons. The molecule has 0 spiro atoms. The van der Waals surface area contributed by atoms with Crippen molar-refractivity contribution in [3.63, 3.8) is 0 Å². The van der Waals surface area contributed by atoms with Gasteiger partial charge in [0.25, 0.3) is 0 Å². The number of aromatic nitrogens is 4. The minimum Gasteiger partial charge on any atom is -0.389 e. The van der Waals surface area contributed by atoms with Gasteiger partial charge < -0.3 is 5.11 Å². The van der Waals surface area contributed by atoms with E-state index in [4.69, 9.17) is 0 Å². The summed E-state index contributed by atoms with van der Waals surface area (Å²) >= 11 is 0. The Bertz CT molecular complexity index is 493. The first kappa shape index (κ1) is 12.8. The zero-order valence-electron chi connectivity index (χ0n) is 11.4. The van der Waals surface area contributed by atoms with Crippen molar-refractivity contribution in [1.82, 2.24) is 19.6 Å². The number of hydrogen-bond donors (Lipinski definition) is 1. The average Bonchev–Trinajstić information content (AvgIpc) is 2.71. The van der Waals surface area contributed by atoms with Gasteiger partial charge in [-0.05, 0) is 39.8 Å². The first-order chi connectivity index (χ1) is 8.45. The summed E-state index contributed by atoms with van der Waals surface area (Å²) in [6.07, 6.45) is -0.485. The fourth-order valence-electron chi connectivity index (χ4n) is 2.18. The molecule has 2 rings (SSSR count). The van der Waals surface area contributed by atoms with Crippen molar-refractivity contribution < 1.29 is 5.11 Å². The van der Waals surface area contributed by atoms with Crippen LogP contribution in [0.1, 0.15) is 22.8 Å². The molecular formula is C13H20N4O. The van der Waals surface area contributed by atoms with Crippen molar-refractivity contribution in [2.75, 3.05) is 0 Å². The van der Waals surface area contributed by atoms with Gasteiger partial charge in [-0.15, -0.1) is 0 Å². The first-order valence-corrected chi connectivity index (χ1v) is 6.16. The fraction of sp³-hybridized carbons (Fsp3) is 0.538. The number of aliphatic hydroxyl groups is 1. The predicted molar refractivity (Wildman–Crippen MR) is 69.4 cm³/mol. The zero-order valence-corrected chi connectivity index (χ0v) is 11.4. The lowest BCUT2D eigenvalue weighted by molar-refractivity contribution is 0.124. The summed E-state index contributed by atoms with van der Waals surface area (Å²) in [5.41, 5.74) is 4.09. The molecule has 0 aromatic carbocycles. The van der Waals surface area contributed by atoms with Crippen molar-refractivity contribution in [1.29, 1.82) is 0 Å². The number of aliphatic hydroxyl groups excluding tert-OH is 1. The van der Waals surface area contributed by atoms with Gasteiger partial charge in [-0.2, -0.15) is 10.2 Å². The molecule has 2 aromatic heterocycles. The molecule has 0 unspecified atom stereocenters. The Morgan fingerprint density at radius 3 is 1.61 bits per heavy atom. The van der Waals surface area contributed by atoms with E-state index in [9.17, 15) is 5.11 Å². The zero-order chi connectivity index (χ0) is 13.3. The van der Waals surface area contributed by atoms with E-state index in [1.807, 2.05) is 49.2 Å². The van der Waals surface area contributed by atoms with Crippen LogP contribution in [0.5, 0.6) is 0 Å². The SMILES string of the molecule is Cc1cc(C)n(CC(O)Cn2nc(C)cc2C)n1. The van der Waals surface area contributed by atoms with E-state index in [2.05, 4.69) is 10.2 Å². The van der Waals surface area contributed by atoms with Gasteiger partial charge >= 0.3 is 0 Å². The summed E-state index contributed by atoms with van der Waals surface area (Å²) in [5.74, 6) is 0. The molecule has 0 atom stereocenters. The Kier molecular flexibility index (Phi) is 3.52. The van der Waals surface area contributed by atoms with Gasteiger partial charge in [0.1, 0.15) is 0 Å². The summed E-state index contributed by atoms with van der Waals surface area (Å²) in [5, 5.41) is 18.8. The molecule has 0 aliphatic carbocycles. The van der Waals surface area contributed by atoms with E-state index in [1.165, 1.54) is 0 Å². The molecule has 5 heteroatoms. The number of nitrogens with zero attached hydrogens (tertiary/aromatic N) is 4. The van der Waals surface area contributed by atoms with Crippen LogP contribution in [0.25, 0.3) is 0 Å². The highest BCUT2D eigenvalue weighted by Gasteiger charge is 2.11. The first-order valence-electron chi connectivity index (χ1n) is 6.16. The lowest BCUT2D eigenvalue weighted by atomic mass is 10.3. The summed E-state index contributed by atoms with van der Waals surface area (Å²) in [4.78, 5) is 0. The lowest BCUT2D eigenvalue weighted by Gasteiger charge is -2.13. The molecule has 0 bridgehead atoms. The molecule has 0 radical (unpaired) electrons. The Balaban J connectivity index is 2.03. The minimum atomic E-state index is -0.485. The summed E-state index contributed by atoms with van der Waals surface area (Å²) in [6, 6.07) is 4.02. The summed E-state index contributed by atoms with van der Waals surface area (Å²) in [6.45, 7) is 8.90. The van der Waals surface area contributed by atoms with Crippen LogP contribution in [0.3, 0.4) is 0 Å². The van der Waals surface area contributed by atoms with Crippen LogP contribution in [-0.2, 0) is 13.1 Å². The molecule has 0 aliphatic rings. The van der Waals surface area contributed by atoms with E-state index in [0.29, 0.717) is 13.1 Å². The minimum absolute atomic E-state index is 0.485. The second kappa shape index (κ2) is 4.94. The average molecular weight is 248 g/mol. The maximum atomic E-state index is 10.1. The standard InChI is InChI=1S/C13H20N4O/c1-9-5-11(3)16(14-9)7-13(18)8-17-12(4)6-10(2)15-17/h5-6,13,18H,7-8H2,1-4H3. The molecule has 0 saturated carbocycles. The van der Waals surface area contributed by atoms with Crippen molar-refractivity contribution in [3.05, 3.63) is 34.9 Å². The Hall–Kier alpha value is -1.62. The molecule has 1 N–H and O–H groups in total. The van der Waals surface area contributed by atoms with Gasteiger partial charge in [-0.1, -0.05) is 0 Å². The number of aryl methyl sites for hydroxylation is 4. The van der Waals surface area contributed by atoms with Crippen molar-refractivity contribution in [3.8, 4) is 0 Å². The smallest absolute Gasteiger partial charge is 0.0931 e. The Morgan fingerprint density at radius 2 is 1.33 bits per heavy atom. The van der Waals surface area contributed by atoms with Gasteiger partial charge in [-0.3, -0.25) is 9.36 Å². The van der Waals surface area contributed by atoms with E-state index < -0.39 is 6.10 Å². The molecule has 0 saturated heterocycles. The van der Waals surface area contributed by atoms with Crippen LogP contribution < -0.4 is 0 Å². The third kappa shape index (κ3) is 2.79. The topological polar surface area (TPSA) is 55.9 Å². The van der Waals surface area contributed by atoms with E-state index in [0.717, 1.165) is 22.8 Å². The molecule has 2 heterocycles. The third-order valence-electron chi connectivity index (χ3n) is 2.97. The van der Waals surface area contributed by atoms with Crippen LogP contribution in [0.15, 0.2) is 12.1 Å². The second-order valence-electron chi connectivity index (χ2n) is 4.87. The maximum Gasteiger partial charge on any atom is 0.0931 e. The molecule has 5 nitrogen and oxygen atoms in total. The van der Waals surface area contributed by atoms with Gasteiger partial charge in [-0.25, -0.2) is 0 Å². The van der Waals surface area contributed by atoms with Crippen LogP contribution >= 0.6 is 0 Å². The van der Waals surface area contributed by atoms with Crippen LogP contribution in [0.4, 0.5) is 0 Å². The normalized spacial score (nSPS) is 11.4. The predicted octanol–water partition coefficient (Wildman–Crippen LogP) is 1.37. The second-order valence-corrected chi connectivity index (χ2v) is 4.87. The highest BCUT2D eigenvalue weighted by atomic mass is 16.3. The van der Waals surface area contributed by atoms with Crippen LogP contribution in [0, 0.1) is 27.7 Å². The monoisotopic (exact) mass is 248 g/mol. The molecule has 18 heavy (non-hydrogen) atoms. The third-order valence-corrected chi connectivity index (χ3v) is 2.97. The summed E-state index contributed by atoms with van der Waals surface area (Å²) < 4.78 is 3.68. The molecule has 0 fully saturated rings. The highest BCUT2D eigenvalue weighted by Crippen LogP contribution is 2.06. The van der Waals surface area contributed by atoms with Gasteiger partial charge in [0.2, 0.25) is 0 Å². The van der Waals surface area contributed by atoms with E-state index in [-0.39, 0.29) is 0 Å². The number of hydrogen-bond acceptors (Lipinski definition) is 3. The van der Waals surface area contributed by atoms with Crippen LogP contribution in [-0.4, -0.2) is 30.8 Å². The highest BCUT2D eigenvalue weighted by molar-refractivity contribution is 5.07. The number of rotatable bonds is 4. The van der Waals surface area contributed by atoms with Crippen molar-refractivity contribution >= 4 is 0 Å². The molecule has 0 aliphatic heterocycles. The van der Waals surface area contributed by atoms with Crippen molar-refractivity contribution in [2.45, 2.75) is 46.9 Å². The van der Waals surface area contributed by atoms with Gasteiger partial charge in [0, 0.05) is 11.4 Å². The molecular weight excluding hydrogens is 228 g/mol. The van der Waals surface area contributed by atoms with E-state index in [1.54, 1.807) is 0 Å².